The van der Waals surface area contributed by atoms with Gasteiger partial charge in [-0.2, -0.15) is 0 Å². The third-order valence-electron chi connectivity index (χ3n) is 4.03. The number of benzene rings is 3. The molecule has 0 amide bonds. The van der Waals surface area contributed by atoms with E-state index in [1.165, 1.54) is 0 Å². The van der Waals surface area contributed by atoms with Crippen molar-refractivity contribution < 1.29 is 9.32 Å². The summed E-state index contributed by atoms with van der Waals surface area (Å²) < 4.78 is 13.1. The molecule has 0 bridgehead atoms. The third-order valence-corrected chi connectivity index (χ3v) is 5.75. The maximum Gasteiger partial charge on any atom is 0.0804 e. The topological polar surface area (TPSA) is 37.3 Å². The normalized spacial score (nSPS) is 14.7. The monoisotopic (exact) mass is 336 g/mol. The first-order chi connectivity index (χ1) is 11.8. The second kappa shape index (κ2) is 8.04. The summed E-state index contributed by atoms with van der Waals surface area (Å²) in [5.74, 6) is 0. The van der Waals surface area contributed by atoms with E-state index >= 15 is 0 Å². The van der Waals surface area contributed by atoms with Crippen LogP contribution in [0.1, 0.15) is 28.9 Å². The molecule has 0 unspecified atom stereocenters. The van der Waals surface area contributed by atoms with Gasteiger partial charge in [0.15, 0.2) is 0 Å². The Morgan fingerprint density at radius 1 is 0.708 bits per heavy atom. The fraction of sp³-hybridized carbons (Fsp3) is 0.143. The van der Waals surface area contributed by atoms with Crippen LogP contribution in [0.25, 0.3) is 0 Å². The molecule has 0 radical (unpaired) electrons. The molecule has 3 aromatic rings. The van der Waals surface area contributed by atoms with E-state index in [0.717, 1.165) is 16.0 Å². The van der Waals surface area contributed by atoms with Crippen LogP contribution in [0.5, 0.6) is 0 Å². The van der Waals surface area contributed by atoms with Gasteiger partial charge >= 0.3 is 0 Å². The summed E-state index contributed by atoms with van der Waals surface area (Å²) in [6.07, 6.45) is -0.237. The Balaban J connectivity index is 1.90. The van der Waals surface area contributed by atoms with Gasteiger partial charge in [0.25, 0.3) is 0 Å². The summed E-state index contributed by atoms with van der Waals surface area (Å²) in [5.41, 5.74) is 1.83. The zero-order valence-electron chi connectivity index (χ0n) is 13.3. The van der Waals surface area contributed by atoms with Crippen molar-refractivity contribution in [3.63, 3.8) is 0 Å². The van der Waals surface area contributed by atoms with Crippen LogP contribution in [-0.4, -0.2) is 9.32 Å². The van der Waals surface area contributed by atoms with Crippen molar-refractivity contribution in [1.29, 1.82) is 0 Å². The van der Waals surface area contributed by atoms with Crippen LogP contribution < -0.4 is 0 Å². The van der Waals surface area contributed by atoms with Gasteiger partial charge in [-0.25, -0.2) is 0 Å². The molecule has 0 aliphatic heterocycles. The van der Waals surface area contributed by atoms with Gasteiger partial charge in [0.1, 0.15) is 0 Å². The van der Waals surface area contributed by atoms with Gasteiger partial charge < -0.3 is 5.11 Å². The first kappa shape index (κ1) is 16.6. The lowest BCUT2D eigenvalue weighted by molar-refractivity contribution is 0.166. The van der Waals surface area contributed by atoms with E-state index < -0.39 is 16.9 Å². The van der Waals surface area contributed by atoms with E-state index in [9.17, 15) is 9.32 Å². The van der Waals surface area contributed by atoms with Gasteiger partial charge in [-0.3, -0.25) is 4.21 Å². The highest BCUT2D eigenvalue weighted by molar-refractivity contribution is 7.85. The number of rotatable bonds is 6. The Labute approximate surface area is 145 Å². The van der Waals surface area contributed by atoms with Crippen molar-refractivity contribution in [2.75, 3.05) is 0 Å². The molecule has 0 saturated carbocycles. The largest absolute Gasteiger partial charge is 0.388 e. The van der Waals surface area contributed by atoms with Crippen molar-refractivity contribution >= 4 is 10.8 Å². The molecule has 24 heavy (non-hydrogen) atoms. The first-order valence-corrected chi connectivity index (χ1v) is 9.20. The van der Waals surface area contributed by atoms with Crippen LogP contribution in [0, 0.1) is 0 Å². The highest BCUT2D eigenvalue weighted by Crippen LogP contribution is 2.33. The van der Waals surface area contributed by atoms with E-state index in [0.29, 0.717) is 6.42 Å². The summed E-state index contributed by atoms with van der Waals surface area (Å²) >= 11 is 0. The molecule has 0 aliphatic rings. The number of hydrogen-bond acceptors (Lipinski definition) is 2. The maximum absolute atomic E-state index is 13.1. The highest BCUT2D eigenvalue weighted by atomic mass is 32.2. The molecule has 2 nitrogen and oxygen atoms in total. The minimum atomic E-state index is -1.23. The Bertz CT molecular complexity index is 773. The van der Waals surface area contributed by atoms with E-state index in [4.69, 9.17) is 0 Å². The molecule has 0 fully saturated rings. The number of aliphatic hydroxyl groups excluding tert-OH is 1. The first-order valence-electron chi connectivity index (χ1n) is 7.99. The fourth-order valence-corrected chi connectivity index (χ4v) is 4.26. The van der Waals surface area contributed by atoms with Gasteiger partial charge in [-0.05, 0) is 29.7 Å². The van der Waals surface area contributed by atoms with Gasteiger partial charge in [0, 0.05) is 4.90 Å². The summed E-state index contributed by atoms with van der Waals surface area (Å²) in [6.45, 7) is 0. The SMILES string of the molecule is O=[S@@](c1ccccc1)[C@H](C[C@@H](O)c1ccccc1)c1ccccc1. The average molecular weight is 336 g/mol. The van der Waals surface area contributed by atoms with Crippen LogP contribution in [0.2, 0.25) is 0 Å². The van der Waals surface area contributed by atoms with Crippen molar-refractivity contribution in [3.05, 3.63) is 102 Å². The molecule has 3 heteroatoms. The lowest BCUT2D eigenvalue weighted by Gasteiger charge is -2.21. The van der Waals surface area contributed by atoms with Crippen LogP contribution in [0.4, 0.5) is 0 Å². The lowest BCUT2D eigenvalue weighted by atomic mass is 10.0. The van der Waals surface area contributed by atoms with E-state index in [-0.39, 0.29) is 5.25 Å². The minimum absolute atomic E-state index is 0.260. The maximum atomic E-state index is 13.1. The smallest absolute Gasteiger partial charge is 0.0804 e. The van der Waals surface area contributed by atoms with Gasteiger partial charge in [-0.1, -0.05) is 78.9 Å². The van der Waals surface area contributed by atoms with Crippen molar-refractivity contribution in [3.8, 4) is 0 Å². The minimum Gasteiger partial charge on any atom is -0.388 e. The van der Waals surface area contributed by atoms with Gasteiger partial charge in [0.2, 0.25) is 0 Å². The molecular formula is C21H20O2S. The predicted octanol–water partition coefficient (Wildman–Crippen LogP) is 4.66. The summed E-state index contributed by atoms with van der Waals surface area (Å²) in [6, 6.07) is 28.8. The molecule has 0 spiro atoms. The molecule has 0 aliphatic carbocycles. The third kappa shape index (κ3) is 3.99. The quantitative estimate of drug-likeness (QED) is 0.711. The number of hydrogen-bond donors (Lipinski definition) is 1. The van der Waals surface area contributed by atoms with Gasteiger partial charge in [-0.15, -0.1) is 0 Å². The molecule has 0 aromatic heterocycles. The van der Waals surface area contributed by atoms with Crippen LogP contribution >= 0.6 is 0 Å². The van der Waals surface area contributed by atoms with Crippen molar-refractivity contribution in [2.24, 2.45) is 0 Å². The van der Waals surface area contributed by atoms with Crippen LogP contribution in [-0.2, 0) is 10.8 Å². The Morgan fingerprint density at radius 2 is 1.17 bits per heavy atom. The second-order valence-electron chi connectivity index (χ2n) is 5.67. The molecule has 0 saturated heterocycles. The Morgan fingerprint density at radius 3 is 1.71 bits per heavy atom. The second-order valence-corrected chi connectivity index (χ2v) is 7.31. The Hall–Kier alpha value is -2.23. The molecule has 3 atom stereocenters. The zero-order valence-corrected chi connectivity index (χ0v) is 14.1. The standard InChI is InChI=1S/C21H20O2S/c22-20(17-10-4-1-5-11-17)16-21(18-12-6-2-7-13-18)24(23)19-14-8-3-9-15-19/h1-15,20-22H,16H2/t20-,21-,24+/m1/s1. The number of aliphatic hydroxyl groups is 1. The summed E-state index contributed by atoms with van der Waals surface area (Å²) in [4.78, 5) is 0.784. The average Bonchev–Trinajstić information content (AvgIpc) is 2.67. The zero-order chi connectivity index (χ0) is 16.8. The summed E-state index contributed by atoms with van der Waals surface area (Å²) in [7, 11) is -1.23. The van der Waals surface area contributed by atoms with E-state index in [1.807, 2.05) is 91.0 Å². The molecule has 3 aromatic carbocycles. The van der Waals surface area contributed by atoms with Crippen molar-refractivity contribution in [2.45, 2.75) is 22.7 Å². The highest BCUT2D eigenvalue weighted by Gasteiger charge is 2.24. The van der Waals surface area contributed by atoms with E-state index in [1.54, 1.807) is 0 Å². The van der Waals surface area contributed by atoms with Crippen LogP contribution in [0.15, 0.2) is 95.9 Å². The van der Waals surface area contributed by atoms with Crippen LogP contribution in [0.3, 0.4) is 0 Å². The Kier molecular flexibility index (Phi) is 5.57. The lowest BCUT2D eigenvalue weighted by Crippen LogP contribution is -2.12. The molecule has 122 valence electrons. The van der Waals surface area contributed by atoms with E-state index in [2.05, 4.69) is 0 Å². The molecular weight excluding hydrogens is 316 g/mol. The van der Waals surface area contributed by atoms with Crippen molar-refractivity contribution in [1.82, 2.24) is 0 Å². The van der Waals surface area contributed by atoms with Gasteiger partial charge in [0.05, 0.1) is 22.2 Å². The fourth-order valence-electron chi connectivity index (χ4n) is 2.75. The molecule has 0 heterocycles. The molecule has 1 N–H and O–H groups in total. The predicted molar refractivity (Wildman–Crippen MR) is 98.1 cm³/mol. The summed E-state index contributed by atoms with van der Waals surface area (Å²) in [5, 5.41) is 10.4. The molecule has 3 rings (SSSR count).